The summed E-state index contributed by atoms with van der Waals surface area (Å²) in [5.41, 5.74) is 1.59. The van der Waals surface area contributed by atoms with Gasteiger partial charge in [0.2, 0.25) is 5.88 Å². The van der Waals surface area contributed by atoms with Crippen LogP contribution in [0.15, 0.2) is 42.6 Å². The van der Waals surface area contributed by atoms with Crippen molar-refractivity contribution in [2.24, 2.45) is 0 Å². The van der Waals surface area contributed by atoms with Crippen LogP contribution in [0.25, 0.3) is 11.1 Å². The first-order valence-corrected chi connectivity index (χ1v) is 5.05. The molecular formula is C13H11NO3. The molecule has 0 saturated carbocycles. The fourth-order valence-electron chi connectivity index (χ4n) is 1.57. The summed E-state index contributed by atoms with van der Waals surface area (Å²) in [6.45, 7) is 0. The number of aromatic carboxylic acids is 1. The van der Waals surface area contributed by atoms with Gasteiger partial charge >= 0.3 is 5.97 Å². The summed E-state index contributed by atoms with van der Waals surface area (Å²) in [5, 5.41) is 9.16. The number of carboxylic acid groups (broad SMARTS) is 1. The summed E-state index contributed by atoms with van der Waals surface area (Å²) >= 11 is 0. The predicted octanol–water partition coefficient (Wildman–Crippen LogP) is 2.46. The van der Waals surface area contributed by atoms with E-state index in [0.29, 0.717) is 11.4 Å². The smallest absolute Gasteiger partial charge is 0.336 e. The molecule has 0 amide bonds. The highest BCUT2D eigenvalue weighted by Crippen LogP contribution is 2.25. The van der Waals surface area contributed by atoms with E-state index >= 15 is 0 Å². The van der Waals surface area contributed by atoms with Crippen LogP contribution >= 0.6 is 0 Å². The van der Waals surface area contributed by atoms with E-state index in [4.69, 9.17) is 9.84 Å². The number of ether oxygens (including phenoxy) is 1. The normalized spacial score (nSPS) is 9.94. The first-order valence-electron chi connectivity index (χ1n) is 5.05. The zero-order chi connectivity index (χ0) is 12.3. The van der Waals surface area contributed by atoms with E-state index in [1.54, 1.807) is 0 Å². The van der Waals surface area contributed by atoms with Crippen LogP contribution in [0, 0.1) is 0 Å². The number of methoxy groups -OCH3 is 1. The molecule has 1 aromatic carbocycles. The summed E-state index contributed by atoms with van der Waals surface area (Å²) in [6.07, 6.45) is 1.51. The molecule has 4 heteroatoms. The molecule has 0 aliphatic heterocycles. The van der Waals surface area contributed by atoms with Gasteiger partial charge in [0.15, 0.2) is 0 Å². The van der Waals surface area contributed by atoms with Gasteiger partial charge in [-0.1, -0.05) is 30.3 Å². The minimum Gasteiger partial charge on any atom is -0.481 e. The first kappa shape index (κ1) is 11.1. The third-order valence-electron chi connectivity index (χ3n) is 2.40. The van der Waals surface area contributed by atoms with Crippen LogP contribution in [0.2, 0.25) is 0 Å². The Labute approximate surface area is 98.5 Å². The summed E-state index contributed by atoms with van der Waals surface area (Å²) in [4.78, 5) is 15.2. The van der Waals surface area contributed by atoms with Gasteiger partial charge in [-0.05, 0) is 5.56 Å². The molecule has 0 bridgehead atoms. The molecule has 0 spiro atoms. The van der Waals surface area contributed by atoms with E-state index in [0.717, 1.165) is 5.56 Å². The van der Waals surface area contributed by atoms with Crippen LogP contribution in [0.3, 0.4) is 0 Å². The van der Waals surface area contributed by atoms with E-state index in [2.05, 4.69) is 4.98 Å². The van der Waals surface area contributed by atoms with Crippen LogP contribution in [0.5, 0.6) is 5.88 Å². The van der Waals surface area contributed by atoms with E-state index in [-0.39, 0.29) is 5.56 Å². The molecule has 86 valence electrons. The van der Waals surface area contributed by atoms with Crippen molar-refractivity contribution in [3.63, 3.8) is 0 Å². The maximum atomic E-state index is 11.2. The topological polar surface area (TPSA) is 59.4 Å². The van der Waals surface area contributed by atoms with Gasteiger partial charge in [0.25, 0.3) is 0 Å². The first-order chi connectivity index (χ1) is 8.22. The Morgan fingerprint density at radius 3 is 2.59 bits per heavy atom. The molecule has 2 aromatic rings. The second-order valence-electron chi connectivity index (χ2n) is 3.44. The van der Waals surface area contributed by atoms with Crippen molar-refractivity contribution < 1.29 is 14.6 Å². The van der Waals surface area contributed by atoms with Gasteiger partial charge in [-0.15, -0.1) is 0 Å². The third kappa shape index (κ3) is 2.25. The standard InChI is InChI=1S/C13H11NO3/c1-17-12-7-10(13(15)16)11(8-14-12)9-5-3-2-4-6-9/h2-8H,1H3,(H,15,16). The van der Waals surface area contributed by atoms with Crippen molar-refractivity contribution in [1.82, 2.24) is 4.98 Å². The molecule has 17 heavy (non-hydrogen) atoms. The molecule has 0 radical (unpaired) electrons. The van der Waals surface area contributed by atoms with Gasteiger partial charge < -0.3 is 9.84 Å². The molecule has 0 unspecified atom stereocenters. The Hall–Kier alpha value is -2.36. The van der Waals surface area contributed by atoms with Crippen LogP contribution in [0.1, 0.15) is 10.4 Å². The molecule has 0 saturated heterocycles. The van der Waals surface area contributed by atoms with Gasteiger partial charge in [-0.3, -0.25) is 0 Å². The van der Waals surface area contributed by atoms with Gasteiger partial charge in [0.1, 0.15) is 0 Å². The van der Waals surface area contributed by atoms with Crippen molar-refractivity contribution >= 4 is 5.97 Å². The fourth-order valence-corrected chi connectivity index (χ4v) is 1.57. The number of benzene rings is 1. The minimum atomic E-state index is -0.996. The number of hydrogen-bond donors (Lipinski definition) is 1. The second kappa shape index (κ2) is 4.65. The average molecular weight is 229 g/mol. The van der Waals surface area contributed by atoms with E-state index < -0.39 is 5.97 Å². The monoisotopic (exact) mass is 229 g/mol. The van der Waals surface area contributed by atoms with Crippen molar-refractivity contribution in [2.45, 2.75) is 0 Å². The lowest BCUT2D eigenvalue weighted by molar-refractivity contribution is 0.0697. The van der Waals surface area contributed by atoms with Crippen LogP contribution in [-0.2, 0) is 0 Å². The van der Waals surface area contributed by atoms with Crippen LogP contribution in [0.4, 0.5) is 0 Å². The molecule has 4 nitrogen and oxygen atoms in total. The Balaban J connectivity index is 2.58. The van der Waals surface area contributed by atoms with E-state index in [9.17, 15) is 4.79 Å². The van der Waals surface area contributed by atoms with Crippen molar-refractivity contribution in [3.05, 3.63) is 48.2 Å². The third-order valence-corrected chi connectivity index (χ3v) is 2.40. The maximum Gasteiger partial charge on any atom is 0.336 e. The lowest BCUT2D eigenvalue weighted by Gasteiger charge is -2.07. The number of nitrogens with zero attached hydrogens (tertiary/aromatic N) is 1. The van der Waals surface area contributed by atoms with Crippen LogP contribution in [-0.4, -0.2) is 23.2 Å². The van der Waals surface area contributed by atoms with E-state index in [1.165, 1.54) is 19.4 Å². The number of carboxylic acids is 1. The molecule has 1 heterocycles. The van der Waals surface area contributed by atoms with Gasteiger partial charge in [0.05, 0.1) is 12.7 Å². The molecular weight excluding hydrogens is 218 g/mol. The molecule has 0 atom stereocenters. The zero-order valence-corrected chi connectivity index (χ0v) is 9.25. The molecule has 2 rings (SSSR count). The van der Waals surface area contributed by atoms with Gasteiger partial charge in [-0.25, -0.2) is 9.78 Å². The van der Waals surface area contributed by atoms with Crippen molar-refractivity contribution in [3.8, 4) is 17.0 Å². The van der Waals surface area contributed by atoms with Gasteiger partial charge in [0, 0.05) is 17.8 Å². The Kier molecular flexibility index (Phi) is 3.05. The SMILES string of the molecule is COc1cc(C(=O)O)c(-c2ccccc2)cn1. The van der Waals surface area contributed by atoms with Crippen molar-refractivity contribution in [1.29, 1.82) is 0 Å². The molecule has 1 aromatic heterocycles. The number of aromatic nitrogens is 1. The highest BCUT2D eigenvalue weighted by Gasteiger charge is 2.13. The largest absolute Gasteiger partial charge is 0.481 e. The number of hydrogen-bond acceptors (Lipinski definition) is 3. The Morgan fingerprint density at radius 1 is 1.29 bits per heavy atom. The maximum absolute atomic E-state index is 11.2. The van der Waals surface area contributed by atoms with Gasteiger partial charge in [-0.2, -0.15) is 0 Å². The quantitative estimate of drug-likeness (QED) is 0.878. The summed E-state index contributed by atoms with van der Waals surface area (Å²) < 4.78 is 4.92. The zero-order valence-electron chi connectivity index (χ0n) is 9.25. The molecule has 1 N–H and O–H groups in total. The highest BCUT2D eigenvalue weighted by molar-refractivity contribution is 5.96. The lowest BCUT2D eigenvalue weighted by atomic mass is 10.0. The minimum absolute atomic E-state index is 0.183. The van der Waals surface area contributed by atoms with Crippen LogP contribution < -0.4 is 4.74 Å². The lowest BCUT2D eigenvalue weighted by Crippen LogP contribution is -2.01. The molecule has 0 fully saturated rings. The highest BCUT2D eigenvalue weighted by atomic mass is 16.5. The Morgan fingerprint density at radius 2 is 2.00 bits per heavy atom. The number of carbonyl (C=O) groups is 1. The number of pyridine rings is 1. The summed E-state index contributed by atoms with van der Waals surface area (Å²) in [7, 11) is 1.45. The molecule has 0 aliphatic carbocycles. The predicted molar refractivity (Wildman–Crippen MR) is 63.2 cm³/mol. The fraction of sp³-hybridized carbons (Fsp3) is 0.0769. The van der Waals surface area contributed by atoms with E-state index in [1.807, 2.05) is 30.3 Å². The average Bonchev–Trinajstić information content (AvgIpc) is 2.39. The summed E-state index contributed by atoms with van der Waals surface area (Å²) in [6, 6.07) is 10.7. The number of rotatable bonds is 3. The summed E-state index contributed by atoms with van der Waals surface area (Å²) in [5.74, 6) is -0.702. The molecule has 0 aliphatic rings. The van der Waals surface area contributed by atoms with Crippen molar-refractivity contribution in [2.75, 3.05) is 7.11 Å². The second-order valence-corrected chi connectivity index (χ2v) is 3.44. The Bertz CT molecular complexity index is 538.